The molecule has 5 nitrogen and oxygen atoms in total. The van der Waals surface area contributed by atoms with E-state index in [1.165, 1.54) is 12.1 Å². The normalized spacial score (nSPS) is 18.4. The molecule has 1 aromatic rings. The molecule has 1 aliphatic heterocycles. The third-order valence-corrected chi connectivity index (χ3v) is 4.70. The minimum Gasteiger partial charge on any atom is -0.334 e. The van der Waals surface area contributed by atoms with Crippen LogP contribution in [-0.4, -0.2) is 51.7 Å². The fourth-order valence-electron chi connectivity index (χ4n) is 2.58. The molecule has 21 heavy (non-hydrogen) atoms. The van der Waals surface area contributed by atoms with E-state index in [1.807, 2.05) is 11.9 Å². The predicted octanol–water partition coefficient (Wildman–Crippen LogP) is 1.34. The fourth-order valence-corrected chi connectivity index (χ4v) is 3.24. The van der Waals surface area contributed by atoms with E-state index in [0.29, 0.717) is 5.56 Å². The van der Waals surface area contributed by atoms with Crippen molar-refractivity contribution in [2.45, 2.75) is 23.8 Å². The number of carbonyl (C=O) groups excluding carboxylic acids is 1. The van der Waals surface area contributed by atoms with Crippen molar-refractivity contribution in [3.63, 3.8) is 0 Å². The van der Waals surface area contributed by atoms with Crippen molar-refractivity contribution in [1.29, 1.82) is 0 Å². The lowest BCUT2D eigenvalue weighted by atomic mass is 10.1. The Morgan fingerprint density at radius 3 is 2.76 bits per heavy atom. The molecule has 7 heteroatoms. The summed E-state index contributed by atoms with van der Waals surface area (Å²) < 4.78 is 23.1. The van der Waals surface area contributed by atoms with Crippen molar-refractivity contribution in [2.75, 3.05) is 26.4 Å². The average molecular weight is 333 g/mol. The Bertz CT molecular complexity index is 604. The highest BCUT2D eigenvalue weighted by Gasteiger charge is 2.29. The lowest BCUT2D eigenvalue weighted by molar-refractivity contribution is 0.0737. The molecule has 0 bridgehead atoms. The summed E-state index contributed by atoms with van der Waals surface area (Å²) in [5.41, 5.74) is 0.441. The molecule has 2 rings (SSSR count). The van der Waals surface area contributed by atoms with E-state index in [0.717, 1.165) is 32.2 Å². The lowest BCUT2D eigenvalue weighted by Crippen LogP contribution is -2.40. The van der Waals surface area contributed by atoms with Crippen LogP contribution in [0.25, 0.3) is 0 Å². The van der Waals surface area contributed by atoms with Gasteiger partial charge in [0.05, 0.1) is 4.90 Å². The molecule has 1 unspecified atom stereocenters. The first-order valence-electron chi connectivity index (χ1n) is 6.69. The van der Waals surface area contributed by atoms with Crippen LogP contribution in [0.2, 0.25) is 0 Å². The van der Waals surface area contributed by atoms with Gasteiger partial charge in [0.25, 0.3) is 5.91 Å². The molecule has 1 atom stereocenters. The molecule has 0 spiro atoms. The van der Waals surface area contributed by atoms with Crippen molar-refractivity contribution in [3.05, 3.63) is 29.8 Å². The van der Waals surface area contributed by atoms with E-state index in [-0.39, 0.29) is 29.3 Å². The van der Waals surface area contributed by atoms with E-state index in [4.69, 9.17) is 0 Å². The van der Waals surface area contributed by atoms with Crippen molar-refractivity contribution in [3.8, 4) is 0 Å². The highest BCUT2D eigenvalue weighted by molar-refractivity contribution is 7.90. The second-order valence-corrected chi connectivity index (χ2v) is 7.17. The standard InChI is InChI=1S/C14H20N2O3S.ClH/c1-15-10-12-6-4-8-16(12)14(17)11-5-3-7-13(9-11)20(2,18)19;/h3,5,7,9,12,15H,4,6,8,10H2,1-2H3;1H. The highest BCUT2D eigenvalue weighted by Crippen LogP contribution is 2.21. The molecular formula is C14H21ClN2O3S. The van der Waals surface area contributed by atoms with Crippen LogP contribution in [0.15, 0.2) is 29.2 Å². The first kappa shape index (κ1) is 17.9. The summed E-state index contributed by atoms with van der Waals surface area (Å²) in [4.78, 5) is 14.5. The first-order chi connectivity index (χ1) is 9.43. The summed E-state index contributed by atoms with van der Waals surface area (Å²) in [7, 11) is -1.42. The van der Waals surface area contributed by atoms with Crippen LogP contribution in [0.1, 0.15) is 23.2 Å². The Balaban J connectivity index is 0.00000220. The van der Waals surface area contributed by atoms with Gasteiger partial charge >= 0.3 is 0 Å². The van der Waals surface area contributed by atoms with Crippen molar-refractivity contribution >= 4 is 28.2 Å². The molecule has 1 aliphatic rings. The zero-order chi connectivity index (χ0) is 14.8. The quantitative estimate of drug-likeness (QED) is 0.903. The lowest BCUT2D eigenvalue weighted by Gasteiger charge is -2.24. The Morgan fingerprint density at radius 2 is 2.14 bits per heavy atom. The average Bonchev–Trinajstić information content (AvgIpc) is 2.86. The summed E-state index contributed by atoms with van der Waals surface area (Å²) in [5, 5.41) is 3.09. The summed E-state index contributed by atoms with van der Waals surface area (Å²) in [6, 6.07) is 6.46. The molecule has 1 N–H and O–H groups in total. The Morgan fingerprint density at radius 1 is 1.43 bits per heavy atom. The van der Waals surface area contributed by atoms with E-state index < -0.39 is 9.84 Å². The van der Waals surface area contributed by atoms with Crippen molar-refractivity contribution < 1.29 is 13.2 Å². The van der Waals surface area contributed by atoms with Crippen LogP contribution in [0.5, 0.6) is 0 Å². The Kier molecular flexibility index (Phi) is 6.19. The molecule has 1 aromatic carbocycles. The fraction of sp³-hybridized carbons (Fsp3) is 0.500. The zero-order valence-electron chi connectivity index (χ0n) is 12.2. The molecule has 1 fully saturated rings. The number of nitrogens with zero attached hydrogens (tertiary/aromatic N) is 1. The minimum atomic E-state index is -3.29. The number of hydrogen-bond acceptors (Lipinski definition) is 4. The second-order valence-electron chi connectivity index (χ2n) is 5.15. The number of sulfone groups is 1. The number of rotatable bonds is 4. The molecular weight excluding hydrogens is 312 g/mol. The topological polar surface area (TPSA) is 66.5 Å². The summed E-state index contributed by atoms with van der Waals surface area (Å²) >= 11 is 0. The van der Waals surface area contributed by atoms with Gasteiger partial charge in [0.2, 0.25) is 0 Å². The number of hydrogen-bond donors (Lipinski definition) is 1. The summed E-state index contributed by atoms with van der Waals surface area (Å²) in [5.74, 6) is -0.0896. The van der Waals surface area contributed by atoms with Crippen LogP contribution in [-0.2, 0) is 9.84 Å². The molecule has 0 saturated carbocycles. The predicted molar refractivity (Wildman–Crippen MR) is 84.8 cm³/mol. The summed E-state index contributed by atoms with van der Waals surface area (Å²) in [6.07, 6.45) is 3.12. The third kappa shape index (κ3) is 4.18. The molecule has 0 aliphatic carbocycles. The van der Waals surface area contributed by atoms with Gasteiger partial charge in [-0.05, 0) is 38.1 Å². The van der Waals surface area contributed by atoms with Gasteiger partial charge in [0.15, 0.2) is 9.84 Å². The Labute approximate surface area is 132 Å². The van der Waals surface area contributed by atoms with Crippen LogP contribution in [0.3, 0.4) is 0 Å². The van der Waals surface area contributed by atoms with Crippen LogP contribution in [0, 0.1) is 0 Å². The smallest absolute Gasteiger partial charge is 0.254 e. The SMILES string of the molecule is CNCC1CCCN1C(=O)c1cccc(S(C)(=O)=O)c1.Cl. The monoisotopic (exact) mass is 332 g/mol. The van der Waals surface area contributed by atoms with Gasteiger partial charge < -0.3 is 10.2 Å². The molecule has 118 valence electrons. The molecule has 0 aromatic heterocycles. The van der Waals surface area contributed by atoms with Gasteiger partial charge in [-0.15, -0.1) is 12.4 Å². The van der Waals surface area contributed by atoms with E-state index >= 15 is 0 Å². The number of carbonyl (C=O) groups is 1. The number of halogens is 1. The zero-order valence-corrected chi connectivity index (χ0v) is 13.8. The number of likely N-dealkylation sites (tertiary alicyclic amines) is 1. The van der Waals surface area contributed by atoms with Crippen LogP contribution in [0.4, 0.5) is 0 Å². The van der Waals surface area contributed by atoms with Gasteiger partial charge in [-0.3, -0.25) is 4.79 Å². The largest absolute Gasteiger partial charge is 0.334 e. The van der Waals surface area contributed by atoms with E-state index in [1.54, 1.807) is 12.1 Å². The van der Waals surface area contributed by atoms with E-state index in [9.17, 15) is 13.2 Å². The number of likely N-dealkylation sites (N-methyl/N-ethyl adjacent to an activating group) is 1. The number of benzene rings is 1. The van der Waals surface area contributed by atoms with Gasteiger partial charge in [-0.2, -0.15) is 0 Å². The Hall–Kier alpha value is -1.11. The van der Waals surface area contributed by atoms with Gasteiger partial charge in [-0.25, -0.2) is 8.42 Å². The van der Waals surface area contributed by atoms with Crippen LogP contribution >= 0.6 is 12.4 Å². The van der Waals surface area contributed by atoms with Gasteiger partial charge in [0, 0.05) is 31.0 Å². The maximum atomic E-state index is 12.5. The second kappa shape index (κ2) is 7.24. The molecule has 1 heterocycles. The maximum absolute atomic E-state index is 12.5. The minimum absolute atomic E-state index is 0. The highest BCUT2D eigenvalue weighted by atomic mass is 35.5. The van der Waals surface area contributed by atoms with Gasteiger partial charge in [-0.1, -0.05) is 6.07 Å². The third-order valence-electron chi connectivity index (χ3n) is 3.59. The van der Waals surface area contributed by atoms with Gasteiger partial charge in [0.1, 0.15) is 0 Å². The van der Waals surface area contributed by atoms with Crippen molar-refractivity contribution in [2.24, 2.45) is 0 Å². The molecule has 1 saturated heterocycles. The summed E-state index contributed by atoms with van der Waals surface area (Å²) in [6.45, 7) is 1.49. The van der Waals surface area contributed by atoms with Crippen LogP contribution < -0.4 is 5.32 Å². The number of nitrogens with one attached hydrogen (secondary N) is 1. The van der Waals surface area contributed by atoms with E-state index in [2.05, 4.69) is 5.32 Å². The first-order valence-corrected chi connectivity index (χ1v) is 8.58. The maximum Gasteiger partial charge on any atom is 0.254 e. The molecule has 0 radical (unpaired) electrons. The molecule has 1 amide bonds. The number of amides is 1. The van der Waals surface area contributed by atoms with Crippen molar-refractivity contribution in [1.82, 2.24) is 10.2 Å².